The van der Waals surface area contributed by atoms with E-state index in [1.807, 2.05) is 11.8 Å². The summed E-state index contributed by atoms with van der Waals surface area (Å²) in [6.45, 7) is 0.633. The maximum absolute atomic E-state index is 5.76. The number of benzene rings is 1. The normalized spacial score (nSPS) is 17.2. The van der Waals surface area contributed by atoms with Gasteiger partial charge in [-0.15, -0.1) is 11.8 Å². The first-order valence-corrected chi connectivity index (χ1v) is 7.12. The summed E-state index contributed by atoms with van der Waals surface area (Å²) in [6, 6.07) is 6.43. The Balaban J connectivity index is 2.12. The Morgan fingerprint density at radius 3 is 2.73 bits per heavy atom. The number of nitrogens with two attached hydrogens (primary N) is 1. The molecular formula is C12H16BrNS. The van der Waals surface area contributed by atoms with E-state index in [9.17, 15) is 0 Å². The van der Waals surface area contributed by atoms with E-state index in [1.165, 1.54) is 36.1 Å². The molecule has 0 bridgehead atoms. The van der Waals surface area contributed by atoms with Crippen LogP contribution in [0.2, 0.25) is 0 Å². The van der Waals surface area contributed by atoms with Gasteiger partial charge >= 0.3 is 0 Å². The molecule has 0 aromatic heterocycles. The lowest BCUT2D eigenvalue weighted by atomic mass is 10.2. The summed E-state index contributed by atoms with van der Waals surface area (Å²) in [5.74, 6) is 0. The second-order valence-corrected chi connectivity index (χ2v) is 6.24. The molecule has 0 radical (unpaired) electrons. The molecule has 82 valence electrons. The van der Waals surface area contributed by atoms with Crippen molar-refractivity contribution in [3.05, 3.63) is 28.2 Å². The van der Waals surface area contributed by atoms with Crippen LogP contribution in [-0.4, -0.2) is 5.25 Å². The van der Waals surface area contributed by atoms with Crippen LogP contribution in [0.1, 0.15) is 31.2 Å². The Hall–Kier alpha value is 0.01000. The average Bonchev–Trinajstić information content (AvgIpc) is 2.73. The highest BCUT2D eigenvalue weighted by Gasteiger charge is 2.17. The van der Waals surface area contributed by atoms with Crippen LogP contribution < -0.4 is 5.73 Å². The van der Waals surface area contributed by atoms with Gasteiger partial charge in [0.25, 0.3) is 0 Å². The molecule has 1 nitrogen and oxygen atoms in total. The second-order valence-electron chi connectivity index (χ2n) is 3.98. The first-order chi connectivity index (χ1) is 7.29. The second kappa shape index (κ2) is 5.37. The van der Waals surface area contributed by atoms with Gasteiger partial charge in [-0.3, -0.25) is 0 Å². The number of halogens is 1. The monoisotopic (exact) mass is 285 g/mol. The van der Waals surface area contributed by atoms with E-state index < -0.39 is 0 Å². The molecule has 1 aliphatic rings. The van der Waals surface area contributed by atoms with Crippen LogP contribution in [0.25, 0.3) is 0 Å². The molecule has 0 heterocycles. The van der Waals surface area contributed by atoms with Crippen LogP contribution in [0, 0.1) is 0 Å². The summed E-state index contributed by atoms with van der Waals surface area (Å²) in [5.41, 5.74) is 7.02. The zero-order valence-electron chi connectivity index (χ0n) is 8.71. The van der Waals surface area contributed by atoms with Crippen LogP contribution >= 0.6 is 27.7 Å². The minimum Gasteiger partial charge on any atom is -0.326 e. The van der Waals surface area contributed by atoms with Crippen molar-refractivity contribution in [2.75, 3.05) is 0 Å². The summed E-state index contributed by atoms with van der Waals surface area (Å²) in [4.78, 5) is 1.37. The van der Waals surface area contributed by atoms with Gasteiger partial charge in [0.05, 0.1) is 0 Å². The van der Waals surface area contributed by atoms with Crippen LogP contribution in [0.5, 0.6) is 0 Å². The van der Waals surface area contributed by atoms with Gasteiger partial charge < -0.3 is 5.73 Å². The van der Waals surface area contributed by atoms with Gasteiger partial charge in [-0.1, -0.05) is 28.8 Å². The highest BCUT2D eigenvalue weighted by atomic mass is 79.9. The van der Waals surface area contributed by atoms with E-state index in [2.05, 4.69) is 34.1 Å². The van der Waals surface area contributed by atoms with Crippen molar-refractivity contribution in [2.24, 2.45) is 5.73 Å². The quantitative estimate of drug-likeness (QED) is 0.910. The first-order valence-electron chi connectivity index (χ1n) is 5.45. The molecular weight excluding hydrogens is 270 g/mol. The van der Waals surface area contributed by atoms with Gasteiger partial charge in [0.2, 0.25) is 0 Å². The molecule has 0 amide bonds. The Bertz CT molecular complexity index is 334. The smallest absolute Gasteiger partial charge is 0.0189 e. The molecule has 2 N–H and O–H groups in total. The largest absolute Gasteiger partial charge is 0.326 e. The van der Waals surface area contributed by atoms with Crippen molar-refractivity contribution in [2.45, 2.75) is 42.4 Å². The minimum atomic E-state index is 0.633. The molecule has 1 aromatic rings. The number of hydrogen-bond acceptors (Lipinski definition) is 2. The Morgan fingerprint density at radius 1 is 1.33 bits per heavy atom. The highest BCUT2D eigenvalue weighted by Crippen LogP contribution is 2.36. The molecule has 0 aliphatic heterocycles. The van der Waals surface area contributed by atoms with E-state index in [0.29, 0.717) is 6.54 Å². The summed E-state index contributed by atoms with van der Waals surface area (Å²) in [5, 5.41) is 0.816. The molecule has 3 heteroatoms. The van der Waals surface area contributed by atoms with Gasteiger partial charge in [0.1, 0.15) is 0 Å². The van der Waals surface area contributed by atoms with Crippen molar-refractivity contribution >= 4 is 27.7 Å². The standard InChI is InChI=1S/C12H16BrNS/c13-10-5-6-12(9(7-10)8-14)15-11-3-1-2-4-11/h5-7,11H,1-4,8,14H2. The molecule has 0 atom stereocenters. The topological polar surface area (TPSA) is 26.0 Å². The third-order valence-electron chi connectivity index (χ3n) is 2.84. The SMILES string of the molecule is NCc1cc(Br)ccc1SC1CCCC1. The van der Waals surface area contributed by atoms with Crippen molar-refractivity contribution < 1.29 is 0 Å². The third-order valence-corrected chi connectivity index (χ3v) is 4.79. The predicted octanol–water partition coefficient (Wildman–Crippen LogP) is 3.94. The molecule has 2 rings (SSSR count). The lowest BCUT2D eigenvalue weighted by Crippen LogP contribution is -2.01. The van der Waals surface area contributed by atoms with Crippen LogP contribution in [-0.2, 0) is 6.54 Å². The van der Waals surface area contributed by atoms with Crippen molar-refractivity contribution in [3.8, 4) is 0 Å². The van der Waals surface area contributed by atoms with Gasteiger partial charge in [0.15, 0.2) is 0 Å². The van der Waals surface area contributed by atoms with E-state index >= 15 is 0 Å². The zero-order valence-corrected chi connectivity index (χ0v) is 11.1. The molecule has 1 aromatic carbocycles. The van der Waals surface area contributed by atoms with Crippen LogP contribution in [0.15, 0.2) is 27.6 Å². The maximum Gasteiger partial charge on any atom is 0.0189 e. The lowest BCUT2D eigenvalue weighted by molar-refractivity contribution is 0.886. The van der Waals surface area contributed by atoms with E-state index in [0.717, 1.165) is 9.72 Å². The highest BCUT2D eigenvalue weighted by molar-refractivity contribution is 9.10. The average molecular weight is 286 g/mol. The van der Waals surface area contributed by atoms with Gasteiger partial charge in [-0.25, -0.2) is 0 Å². The Labute approximate surface area is 104 Å². The summed E-state index contributed by atoms with van der Waals surface area (Å²) in [7, 11) is 0. The number of hydrogen-bond donors (Lipinski definition) is 1. The van der Waals surface area contributed by atoms with Crippen LogP contribution in [0.4, 0.5) is 0 Å². The molecule has 0 unspecified atom stereocenters. The fourth-order valence-electron chi connectivity index (χ4n) is 2.01. The van der Waals surface area contributed by atoms with Crippen molar-refractivity contribution in [1.29, 1.82) is 0 Å². The van der Waals surface area contributed by atoms with Crippen molar-refractivity contribution in [3.63, 3.8) is 0 Å². The van der Waals surface area contributed by atoms with Crippen LogP contribution in [0.3, 0.4) is 0 Å². The zero-order chi connectivity index (χ0) is 10.7. The van der Waals surface area contributed by atoms with Gasteiger partial charge in [-0.2, -0.15) is 0 Å². The van der Waals surface area contributed by atoms with E-state index in [-0.39, 0.29) is 0 Å². The van der Waals surface area contributed by atoms with E-state index in [4.69, 9.17) is 5.73 Å². The Morgan fingerprint density at radius 2 is 2.07 bits per heavy atom. The fraction of sp³-hybridized carbons (Fsp3) is 0.500. The van der Waals surface area contributed by atoms with Gasteiger partial charge in [-0.05, 0) is 36.6 Å². The molecule has 1 saturated carbocycles. The number of thioether (sulfide) groups is 1. The van der Waals surface area contributed by atoms with Crippen molar-refractivity contribution in [1.82, 2.24) is 0 Å². The summed E-state index contributed by atoms with van der Waals surface area (Å²) < 4.78 is 1.12. The lowest BCUT2D eigenvalue weighted by Gasteiger charge is -2.12. The summed E-state index contributed by atoms with van der Waals surface area (Å²) in [6.07, 6.45) is 5.52. The number of rotatable bonds is 3. The molecule has 0 saturated heterocycles. The first kappa shape index (κ1) is 11.5. The third kappa shape index (κ3) is 2.99. The molecule has 1 fully saturated rings. The van der Waals surface area contributed by atoms with Gasteiger partial charge in [0, 0.05) is 21.2 Å². The maximum atomic E-state index is 5.76. The Kier molecular flexibility index (Phi) is 4.12. The molecule has 15 heavy (non-hydrogen) atoms. The summed E-state index contributed by atoms with van der Waals surface area (Å²) >= 11 is 5.50. The molecule has 1 aliphatic carbocycles. The predicted molar refractivity (Wildman–Crippen MR) is 70.1 cm³/mol. The fourth-order valence-corrected chi connectivity index (χ4v) is 3.79. The van der Waals surface area contributed by atoms with E-state index in [1.54, 1.807) is 0 Å². The molecule has 0 spiro atoms. The minimum absolute atomic E-state index is 0.633.